The number of benzene rings is 1. The lowest BCUT2D eigenvalue weighted by atomic mass is 10.1. The first-order valence-corrected chi connectivity index (χ1v) is 10.1. The second-order valence-electron chi connectivity index (χ2n) is 7.07. The zero-order chi connectivity index (χ0) is 20.8. The van der Waals surface area contributed by atoms with E-state index in [4.69, 9.17) is 5.26 Å². The molecule has 148 valence electrons. The number of sulfonamides is 1. The normalized spacial score (nSPS) is 11.5. The molecule has 0 radical (unpaired) electrons. The lowest BCUT2D eigenvalue weighted by Gasteiger charge is -2.20. The van der Waals surface area contributed by atoms with Crippen LogP contribution in [0.4, 0.5) is 5.82 Å². The number of nitriles is 1. The summed E-state index contributed by atoms with van der Waals surface area (Å²) in [7, 11) is -3.64. The smallest absolute Gasteiger partial charge is 0.251 e. The monoisotopic (exact) mass is 401 g/mol. The minimum absolute atomic E-state index is 0.0971. The lowest BCUT2D eigenvalue weighted by molar-refractivity contribution is 0.0955. The van der Waals surface area contributed by atoms with Crippen LogP contribution in [0.5, 0.6) is 0 Å². The van der Waals surface area contributed by atoms with E-state index in [1.807, 2.05) is 6.07 Å². The Morgan fingerprint density at radius 1 is 1.14 bits per heavy atom. The molecule has 1 heterocycles. The fraction of sp³-hybridized carbons (Fsp3) is 0.316. The highest BCUT2D eigenvalue weighted by Crippen LogP contribution is 2.14. The largest absolute Gasteiger partial charge is 0.367 e. The number of anilines is 1. The Balaban J connectivity index is 1.90. The van der Waals surface area contributed by atoms with Crippen LogP contribution < -0.4 is 15.4 Å². The maximum Gasteiger partial charge on any atom is 0.251 e. The highest BCUT2D eigenvalue weighted by molar-refractivity contribution is 7.89. The van der Waals surface area contributed by atoms with Gasteiger partial charge in [-0.2, -0.15) is 5.26 Å². The lowest BCUT2D eigenvalue weighted by Crippen LogP contribution is -2.40. The van der Waals surface area contributed by atoms with Gasteiger partial charge < -0.3 is 10.6 Å². The average Bonchev–Trinajstić information content (AvgIpc) is 2.63. The number of pyridine rings is 1. The van der Waals surface area contributed by atoms with Crippen molar-refractivity contribution in [2.24, 2.45) is 0 Å². The van der Waals surface area contributed by atoms with Gasteiger partial charge in [-0.1, -0.05) is 0 Å². The third-order valence-electron chi connectivity index (χ3n) is 3.50. The third-order valence-corrected chi connectivity index (χ3v) is 5.27. The van der Waals surface area contributed by atoms with Crippen molar-refractivity contribution in [3.8, 4) is 6.07 Å². The predicted octanol–water partition coefficient (Wildman–Crippen LogP) is 1.87. The Labute approximate surface area is 165 Å². The zero-order valence-electron chi connectivity index (χ0n) is 16.0. The average molecular weight is 401 g/mol. The van der Waals surface area contributed by atoms with E-state index in [-0.39, 0.29) is 10.8 Å². The van der Waals surface area contributed by atoms with Gasteiger partial charge in [0.15, 0.2) is 0 Å². The van der Waals surface area contributed by atoms with Crippen molar-refractivity contribution in [3.05, 3.63) is 53.7 Å². The van der Waals surface area contributed by atoms with E-state index >= 15 is 0 Å². The minimum Gasteiger partial charge on any atom is -0.367 e. The quantitative estimate of drug-likeness (QED) is 0.609. The Kier molecular flexibility index (Phi) is 6.72. The van der Waals surface area contributed by atoms with Gasteiger partial charge in [-0.25, -0.2) is 18.1 Å². The molecule has 0 unspecified atom stereocenters. The number of amides is 1. The first-order valence-electron chi connectivity index (χ1n) is 8.63. The molecule has 0 aliphatic heterocycles. The summed E-state index contributed by atoms with van der Waals surface area (Å²) in [5, 5.41) is 14.7. The van der Waals surface area contributed by atoms with Gasteiger partial charge in [-0.05, 0) is 57.2 Å². The number of carbonyl (C=O) groups excluding carboxylic acids is 1. The molecule has 0 saturated heterocycles. The first kappa shape index (κ1) is 21.3. The molecule has 0 saturated carbocycles. The number of rotatable bonds is 7. The summed E-state index contributed by atoms with van der Waals surface area (Å²) < 4.78 is 27.1. The van der Waals surface area contributed by atoms with Crippen molar-refractivity contribution < 1.29 is 13.2 Å². The summed E-state index contributed by atoms with van der Waals surface area (Å²) >= 11 is 0. The van der Waals surface area contributed by atoms with Crippen molar-refractivity contribution in [1.82, 2.24) is 15.0 Å². The molecule has 0 atom stereocenters. The Morgan fingerprint density at radius 2 is 1.82 bits per heavy atom. The molecule has 8 nitrogen and oxygen atoms in total. The summed E-state index contributed by atoms with van der Waals surface area (Å²) in [6.07, 6.45) is 1.58. The molecule has 2 aromatic rings. The maximum atomic E-state index is 12.3. The van der Waals surface area contributed by atoms with Crippen molar-refractivity contribution in [3.63, 3.8) is 0 Å². The van der Waals surface area contributed by atoms with Crippen molar-refractivity contribution in [1.29, 1.82) is 5.26 Å². The Morgan fingerprint density at radius 3 is 2.43 bits per heavy atom. The van der Waals surface area contributed by atoms with Gasteiger partial charge in [0.05, 0.1) is 10.5 Å². The fourth-order valence-corrected chi connectivity index (χ4v) is 3.76. The Bertz CT molecular complexity index is 974. The number of hydrogen-bond acceptors (Lipinski definition) is 6. The molecule has 0 spiro atoms. The summed E-state index contributed by atoms with van der Waals surface area (Å²) in [6.45, 7) is 5.96. The predicted molar refractivity (Wildman–Crippen MR) is 106 cm³/mol. The van der Waals surface area contributed by atoms with Gasteiger partial charge in [0.1, 0.15) is 11.9 Å². The third kappa shape index (κ3) is 6.04. The minimum atomic E-state index is -3.64. The van der Waals surface area contributed by atoms with Crippen molar-refractivity contribution in [2.75, 3.05) is 18.4 Å². The molecule has 2 rings (SSSR count). The van der Waals surface area contributed by atoms with Crippen LogP contribution in [0.1, 0.15) is 36.7 Å². The summed E-state index contributed by atoms with van der Waals surface area (Å²) in [6, 6.07) is 11.1. The number of aromatic nitrogens is 1. The standard InChI is InChI=1S/C19H23N5O3S/c1-19(2,3)24-28(26,27)16-8-6-14(7-9-16)18(25)23-12-11-22-17-15(13-20)5-4-10-21-17/h4-10,24H,11-12H2,1-3H3,(H,21,22)(H,23,25). The highest BCUT2D eigenvalue weighted by atomic mass is 32.2. The van der Waals surface area contributed by atoms with Crippen LogP contribution in [0.15, 0.2) is 47.5 Å². The van der Waals surface area contributed by atoms with Crippen LogP contribution in [0.2, 0.25) is 0 Å². The second kappa shape index (κ2) is 8.82. The Hall–Kier alpha value is -2.96. The molecule has 0 aliphatic rings. The van der Waals surface area contributed by atoms with Gasteiger partial charge in [-0.15, -0.1) is 0 Å². The topological polar surface area (TPSA) is 124 Å². The van der Waals surface area contributed by atoms with Gasteiger partial charge in [0, 0.05) is 30.4 Å². The zero-order valence-corrected chi connectivity index (χ0v) is 16.8. The number of hydrogen-bond donors (Lipinski definition) is 3. The molecule has 0 bridgehead atoms. The molecule has 1 amide bonds. The molecule has 28 heavy (non-hydrogen) atoms. The van der Waals surface area contributed by atoms with E-state index < -0.39 is 15.6 Å². The summed E-state index contributed by atoms with van der Waals surface area (Å²) in [5.41, 5.74) is 0.181. The molecule has 0 aliphatic carbocycles. The molecule has 0 fully saturated rings. The van der Waals surface area contributed by atoms with E-state index in [1.165, 1.54) is 24.3 Å². The molecular weight excluding hydrogens is 378 g/mol. The van der Waals surface area contributed by atoms with E-state index in [0.717, 1.165) is 0 Å². The van der Waals surface area contributed by atoms with Gasteiger partial charge in [0.25, 0.3) is 5.91 Å². The first-order chi connectivity index (χ1) is 13.1. The van der Waals surface area contributed by atoms with E-state index in [2.05, 4.69) is 20.3 Å². The molecule has 1 aromatic carbocycles. The van der Waals surface area contributed by atoms with Crippen LogP contribution >= 0.6 is 0 Å². The van der Waals surface area contributed by atoms with E-state index in [9.17, 15) is 13.2 Å². The molecular formula is C19H23N5O3S. The number of nitrogens with zero attached hydrogens (tertiary/aromatic N) is 2. The van der Waals surface area contributed by atoms with Crippen LogP contribution in [-0.2, 0) is 10.0 Å². The molecule has 3 N–H and O–H groups in total. The summed E-state index contributed by atoms with van der Waals surface area (Å²) in [5.74, 6) is 0.135. The van der Waals surface area contributed by atoms with E-state index in [0.29, 0.717) is 30.0 Å². The fourth-order valence-electron chi connectivity index (χ4n) is 2.34. The highest BCUT2D eigenvalue weighted by Gasteiger charge is 2.22. The SMILES string of the molecule is CC(C)(C)NS(=O)(=O)c1ccc(C(=O)NCCNc2ncccc2C#N)cc1. The van der Waals surface area contributed by atoms with Crippen LogP contribution in [0.25, 0.3) is 0 Å². The van der Waals surface area contributed by atoms with Crippen LogP contribution in [0, 0.1) is 11.3 Å². The number of carbonyl (C=O) groups is 1. The molecule has 1 aromatic heterocycles. The van der Waals surface area contributed by atoms with Crippen molar-refractivity contribution >= 4 is 21.7 Å². The maximum absolute atomic E-state index is 12.3. The number of nitrogens with one attached hydrogen (secondary N) is 3. The van der Waals surface area contributed by atoms with Gasteiger partial charge >= 0.3 is 0 Å². The van der Waals surface area contributed by atoms with Crippen molar-refractivity contribution in [2.45, 2.75) is 31.2 Å². The van der Waals surface area contributed by atoms with E-state index in [1.54, 1.807) is 39.1 Å². The van der Waals surface area contributed by atoms with Crippen LogP contribution in [0.3, 0.4) is 0 Å². The second-order valence-corrected chi connectivity index (χ2v) is 8.76. The van der Waals surface area contributed by atoms with Gasteiger partial charge in [0.2, 0.25) is 10.0 Å². The molecule has 9 heteroatoms. The van der Waals surface area contributed by atoms with Gasteiger partial charge in [-0.3, -0.25) is 4.79 Å². The summed E-state index contributed by atoms with van der Waals surface area (Å²) in [4.78, 5) is 16.4. The van der Waals surface area contributed by atoms with Crippen LogP contribution in [-0.4, -0.2) is 37.9 Å².